The third kappa shape index (κ3) is 5.47. The minimum absolute atomic E-state index is 0.259. The summed E-state index contributed by atoms with van der Waals surface area (Å²) >= 11 is 0. The lowest BCUT2D eigenvalue weighted by Crippen LogP contribution is -1.88. The molecule has 4 N–H and O–H groups in total. The molecule has 0 radical (unpaired) electrons. The van der Waals surface area contributed by atoms with Gasteiger partial charge in [-0.05, 0) is 133 Å². The molecule has 170 valence electrons. The van der Waals surface area contributed by atoms with Crippen molar-refractivity contribution in [2.75, 3.05) is 0 Å². The second-order valence-corrected chi connectivity index (χ2v) is 8.46. The maximum Gasteiger partial charge on any atom is 0.121 e. The maximum atomic E-state index is 9.79. The third-order valence-electron chi connectivity index (χ3n) is 5.70. The molecule has 0 heterocycles. The molecule has 0 unspecified atom stereocenters. The van der Waals surface area contributed by atoms with Crippen molar-refractivity contribution in [1.82, 2.24) is 0 Å². The maximum absolute atomic E-state index is 9.79. The monoisotopic (exact) mass is 442 g/mol. The quantitative estimate of drug-likeness (QED) is 0.268. The number of aryl methyl sites for hydroxylation is 5. The predicted molar refractivity (Wildman–Crippen MR) is 134 cm³/mol. The molecular formula is C29H30O4. The van der Waals surface area contributed by atoms with E-state index in [2.05, 4.69) is 0 Å². The van der Waals surface area contributed by atoms with Gasteiger partial charge in [-0.3, -0.25) is 0 Å². The van der Waals surface area contributed by atoms with Crippen molar-refractivity contribution in [2.24, 2.45) is 0 Å². The Labute approximate surface area is 195 Å². The van der Waals surface area contributed by atoms with Gasteiger partial charge < -0.3 is 20.4 Å². The smallest absolute Gasteiger partial charge is 0.121 e. The van der Waals surface area contributed by atoms with Gasteiger partial charge in [0.25, 0.3) is 0 Å². The first-order valence-electron chi connectivity index (χ1n) is 10.8. The summed E-state index contributed by atoms with van der Waals surface area (Å²) < 4.78 is 0. The van der Waals surface area contributed by atoms with E-state index in [-0.39, 0.29) is 11.5 Å². The van der Waals surface area contributed by atoms with E-state index in [9.17, 15) is 20.4 Å². The lowest BCUT2D eigenvalue weighted by molar-refractivity contribution is 0.466. The van der Waals surface area contributed by atoms with E-state index in [1.54, 1.807) is 24.3 Å². The Morgan fingerprint density at radius 1 is 0.394 bits per heavy atom. The van der Waals surface area contributed by atoms with Crippen LogP contribution in [0.2, 0.25) is 0 Å². The lowest BCUT2D eigenvalue weighted by atomic mass is 9.96. The summed E-state index contributed by atoms with van der Waals surface area (Å²) in [6.07, 6.45) is 0. The molecule has 0 atom stereocenters. The summed E-state index contributed by atoms with van der Waals surface area (Å²) in [5.74, 6) is 1.24. The van der Waals surface area contributed by atoms with Crippen LogP contribution in [0.3, 0.4) is 0 Å². The fraction of sp³-hybridized carbons (Fsp3) is 0.172. The van der Waals surface area contributed by atoms with Crippen LogP contribution < -0.4 is 0 Å². The Bertz CT molecular complexity index is 1190. The van der Waals surface area contributed by atoms with Gasteiger partial charge in [0.15, 0.2) is 0 Å². The first-order chi connectivity index (χ1) is 15.6. The zero-order valence-corrected chi connectivity index (χ0v) is 19.6. The highest BCUT2D eigenvalue weighted by molar-refractivity contribution is 5.70. The highest BCUT2D eigenvalue weighted by Gasteiger charge is 2.09. The molecule has 4 nitrogen and oxygen atoms in total. The van der Waals surface area contributed by atoms with E-state index in [0.717, 1.165) is 50.1 Å². The SMILES string of the molecule is Cc1cc(-c2cc(C)c(O)c(C)c2)cc(C)c1O.Cc1cc(O)ccc1-c1ccc(O)cc1. The van der Waals surface area contributed by atoms with Gasteiger partial charge in [0, 0.05) is 0 Å². The molecule has 0 fully saturated rings. The average Bonchev–Trinajstić information content (AvgIpc) is 2.76. The van der Waals surface area contributed by atoms with Gasteiger partial charge in [0.05, 0.1) is 0 Å². The molecule has 0 bridgehead atoms. The van der Waals surface area contributed by atoms with Gasteiger partial charge in [0.1, 0.15) is 23.0 Å². The predicted octanol–water partition coefficient (Wildman–Crippen LogP) is 7.07. The van der Waals surface area contributed by atoms with Crippen LogP contribution in [-0.4, -0.2) is 20.4 Å². The van der Waals surface area contributed by atoms with E-state index < -0.39 is 0 Å². The van der Waals surface area contributed by atoms with Gasteiger partial charge in [-0.2, -0.15) is 0 Å². The largest absolute Gasteiger partial charge is 0.508 e. The highest BCUT2D eigenvalue weighted by Crippen LogP contribution is 2.33. The Morgan fingerprint density at radius 3 is 1.18 bits per heavy atom. The second-order valence-electron chi connectivity index (χ2n) is 8.46. The van der Waals surface area contributed by atoms with Gasteiger partial charge in [-0.15, -0.1) is 0 Å². The minimum Gasteiger partial charge on any atom is -0.508 e. The van der Waals surface area contributed by atoms with Crippen LogP contribution in [0.4, 0.5) is 0 Å². The van der Waals surface area contributed by atoms with Crippen molar-refractivity contribution < 1.29 is 20.4 Å². The van der Waals surface area contributed by atoms with Crippen molar-refractivity contribution in [3.63, 3.8) is 0 Å². The van der Waals surface area contributed by atoms with E-state index in [4.69, 9.17) is 0 Å². The van der Waals surface area contributed by atoms with Gasteiger partial charge in [-0.1, -0.05) is 18.2 Å². The molecule has 0 aliphatic heterocycles. The molecule has 0 aliphatic rings. The first-order valence-corrected chi connectivity index (χ1v) is 10.8. The van der Waals surface area contributed by atoms with Crippen LogP contribution in [0.15, 0.2) is 66.7 Å². The van der Waals surface area contributed by atoms with Gasteiger partial charge in [-0.25, -0.2) is 0 Å². The fourth-order valence-electron chi connectivity index (χ4n) is 3.86. The number of aromatic hydroxyl groups is 4. The summed E-state index contributed by atoms with van der Waals surface area (Å²) in [4.78, 5) is 0. The van der Waals surface area contributed by atoms with Gasteiger partial charge in [0.2, 0.25) is 0 Å². The number of phenolic OH excluding ortho intramolecular Hbond substituents is 4. The van der Waals surface area contributed by atoms with Crippen LogP contribution in [0.25, 0.3) is 22.3 Å². The van der Waals surface area contributed by atoms with E-state index in [1.807, 2.05) is 77.1 Å². The van der Waals surface area contributed by atoms with Crippen LogP contribution in [0, 0.1) is 34.6 Å². The molecule has 0 saturated heterocycles. The van der Waals surface area contributed by atoms with Crippen molar-refractivity contribution in [3.8, 4) is 45.3 Å². The first kappa shape index (κ1) is 23.7. The van der Waals surface area contributed by atoms with Crippen molar-refractivity contribution in [2.45, 2.75) is 34.6 Å². The topological polar surface area (TPSA) is 80.9 Å². The molecule has 33 heavy (non-hydrogen) atoms. The molecule has 4 rings (SSSR count). The Balaban J connectivity index is 0.000000189. The minimum atomic E-state index is 0.259. The van der Waals surface area contributed by atoms with Crippen molar-refractivity contribution in [1.29, 1.82) is 0 Å². The molecule has 0 saturated carbocycles. The number of benzene rings is 4. The summed E-state index contributed by atoms with van der Waals surface area (Å²) in [5, 5.41) is 38.0. The number of rotatable bonds is 2. The normalized spacial score (nSPS) is 10.5. The number of hydrogen-bond acceptors (Lipinski definition) is 4. The summed E-state index contributed by atoms with van der Waals surface area (Å²) in [7, 11) is 0. The molecule has 0 spiro atoms. The molecule has 4 aromatic rings. The lowest BCUT2D eigenvalue weighted by Gasteiger charge is -2.11. The van der Waals surface area contributed by atoms with E-state index in [0.29, 0.717) is 11.5 Å². The van der Waals surface area contributed by atoms with E-state index in [1.165, 1.54) is 0 Å². The van der Waals surface area contributed by atoms with Crippen LogP contribution in [0.5, 0.6) is 23.0 Å². The zero-order chi connectivity index (χ0) is 24.3. The van der Waals surface area contributed by atoms with Crippen molar-refractivity contribution >= 4 is 0 Å². The molecular weight excluding hydrogens is 412 g/mol. The Hall–Kier alpha value is -3.92. The van der Waals surface area contributed by atoms with Crippen LogP contribution >= 0.6 is 0 Å². The number of hydrogen-bond donors (Lipinski definition) is 4. The summed E-state index contributed by atoms with van der Waals surface area (Å²) in [5.41, 5.74) is 8.71. The fourth-order valence-corrected chi connectivity index (χ4v) is 3.86. The molecule has 0 aromatic heterocycles. The number of phenols is 4. The zero-order valence-electron chi connectivity index (χ0n) is 19.6. The summed E-state index contributed by atoms with van der Waals surface area (Å²) in [6, 6.07) is 20.1. The summed E-state index contributed by atoms with van der Waals surface area (Å²) in [6.45, 7) is 9.53. The Kier molecular flexibility index (Phi) is 6.98. The molecule has 4 heteroatoms. The Morgan fingerprint density at radius 2 is 0.788 bits per heavy atom. The van der Waals surface area contributed by atoms with Crippen LogP contribution in [0.1, 0.15) is 27.8 Å². The standard InChI is InChI=1S/C16H18O2.C13H12O2/c1-9-5-13(6-10(2)15(9)17)14-7-11(3)16(18)12(4)8-14;1-9-8-12(15)6-7-13(9)10-2-4-11(14)5-3-10/h5-8,17-18H,1-4H3;2-8,14-15H,1H3. The van der Waals surface area contributed by atoms with Crippen molar-refractivity contribution in [3.05, 3.63) is 94.5 Å². The average molecular weight is 443 g/mol. The highest BCUT2D eigenvalue weighted by atomic mass is 16.3. The molecule has 0 aliphatic carbocycles. The van der Waals surface area contributed by atoms with Gasteiger partial charge >= 0.3 is 0 Å². The second kappa shape index (κ2) is 9.70. The third-order valence-corrected chi connectivity index (χ3v) is 5.70. The van der Waals surface area contributed by atoms with E-state index >= 15 is 0 Å². The molecule has 4 aromatic carbocycles. The van der Waals surface area contributed by atoms with Crippen LogP contribution in [-0.2, 0) is 0 Å². The molecule has 0 amide bonds.